The van der Waals surface area contributed by atoms with E-state index in [4.69, 9.17) is 4.52 Å². The monoisotopic (exact) mass is 334 g/mol. The van der Waals surface area contributed by atoms with Crippen molar-refractivity contribution in [3.8, 4) is 0 Å². The van der Waals surface area contributed by atoms with Crippen LogP contribution in [0.4, 0.5) is 5.82 Å². The lowest BCUT2D eigenvalue weighted by molar-refractivity contribution is -0.139. The summed E-state index contributed by atoms with van der Waals surface area (Å²) in [5.41, 5.74) is 0. The second-order valence-electron chi connectivity index (χ2n) is 6.99. The highest BCUT2D eigenvalue weighted by atomic mass is 16.5. The molecule has 24 heavy (non-hydrogen) atoms. The minimum atomic E-state index is -0.0430. The summed E-state index contributed by atoms with van der Waals surface area (Å²) in [6.07, 6.45) is 3.10. The summed E-state index contributed by atoms with van der Waals surface area (Å²) >= 11 is 0. The minimum Gasteiger partial charge on any atom is -0.360 e. The molecular weight excluding hydrogens is 308 g/mol. The molecule has 0 aromatic carbocycles. The van der Waals surface area contributed by atoms with Crippen molar-refractivity contribution in [1.82, 2.24) is 15.0 Å². The number of piperazine rings is 1. The van der Waals surface area contributed by atoms with Gasteiger partial charge in [-0.15, -0.1) is 0 Å². The largest absolute Gasteiger partial charge is 0.360 e. The van der Waals surface area contributed by atoms with E-state index >= 15 is 0 Å². The lowest BCUT2D eigenvalue weighted by Crippen LogP contribution is -2.49. The molecule has 1 aliphatic heterocycles. The zero-order chi connectivity index (χ0) is 17.1. The van der Waals surface area contributed by atoms with E-state index < -0.39 is 0 Å². The topological polar surface area (TPSA) is 78.7 Å². The number of anilines is 1. The van der Waals surface area contributed by atoms with Crippen molar-refractivity contribution in [3.05, 3.63) is 11.8 Å². The van der Waals surface area contributed by atoms with E-state index in [0.717, 1.165) is 51.9 Å². The Morgan fingerprint density at radius 2 is 1.75 bits per heavy atom. The molecule has 0 radical (unpaired) electrons. The van der Waals surface area contributed by atoms with E-state index in [1.54, 1.807) is 13.0 Å². The van der Waals surface area contributed by atoms with Gasteiger partial charge in [-0.1, -0.05) is 5.16 Å². The molecule has 1 aromatic rings. The standard InChI is InChI=1S/C17H26N4O3/c1-12-11-15(19-24-12)18-16(22)13-3-5-14(6-4-13)17(23)21-9-7-20(2)8-10-21/h11,13-14H,3-10H2,1-2H3,(H,18,19,22). The van der Waals surface area contributed by atoms with Crippen molar-refractivity contribution >= 4 is 17.6 Å². The van der Waals surface area contributed by atoms with E-state index in [9.17, 15) is 9.59 Å². The second-order valence-corrected chi connectivity index (χ2v) is 6.99. The van der Waals surface area contributed by atoms with Gasteiger partial charge in [-0.25, -0.2) is 0 Å². The number of aryl methyl sites for hydroxylation is 1. The van der Waals surface area contributed by atoms with Crippen LogP contribution in [0.15, 0.2) is 10.6 Å². The number of carbonyl (C=O) groups is 2. The van der Waals surface area contributed by atoms with E-state index in [1.807, 2.05) is 4.90 Å². The average molecular weight is 334 g/mol. The maximum Gasteiger partial charge on any atom is 0.228 e. The highest BCUT2D eigenvalue weighted by molar-refractivity contribution is 5.91. The molecule has 3 rings (SSSR count). The summed E-state index contributed by atoms with van der Waals surface area (Å²) in [7, 11) is 2.09. The molecule has 1 N–H and O–H groups in total. The number of likely N-dealkylation sites (N-methyl/N-ethyl adjacent to an activating group) is 1. The van der Waals surface area contributed by atoms with Crippen LogP contribution in [0, 0.1) is 18.8 Å². The number of rotatable bonds is 3. The van der Waals surface area contributed by atoms with Gasteiger partial charge < -0.3 is 19.6 Å². The Morgan fingerprint density at radius 1 is 1.12 bits per heavy atom. The van der Waals surface area contributed by atoms with Gasteiger partial charge in [0.1, 0.15) is 5.76 Å². The first-order chi connectivity index (χ1) is 11.5. The summed E-state index contributed by atoms with van der Waals surface area (Å²) in [6.45, 7) is 5.32. The fourth-order valence-corrected chi connectivity index (χ4v) is 3.54. The summed E-state index contributed by atoms with van der Waals surface area (Å²) in [4.78, 5) is 29.1. The van der Waals surface area contributed by atoms with Crippen molar-refractivity contribution in [3.63, 3.8) is 0 Å². The Labute approximate surface area is 142 Å². The lowest BCUT2D eigenvalue weighted by atomic mass is 9.81. The molecule has 1 aliphatic carbocycles. The first-order valence-corrected chi connectivity index (χ1v) is 8.74. The second kappa shape index (κ2) is 7.34. The Kier molecular flexibility index (Phi) is 5.18. The van der Waals surface area contributed by atoms with Gasteiger partial charge in [0.15, 0.2) is 5.82 Å². The molecular formula is C17H26N4O3. The molecule has 0 atom stereocenters. The molecule has 2 amide bonds. The van der Waals surface area contributed by atoms with E-state index in [1.165, 1.54) is 0 Å². The highest BCUT2D eigenvalue weighted by Crippen LogP contribution is 2.31. The SMILES string of the molecule is Cc1cc(NC(=O)C2CCC(C(=O)N3CCN(C)CC3)CC2)no1. The zero-order valence-electron chi connectivity index (χ0n) is 14.5. The molecule has 7 heteroatoms. The van der Waals surface area contributed by atoms with Gasteiger partial charge in [-0.2, -0.15) is 0 Å². The van der Waals surface area contributed by atoms with Gasteiger partial charge >= 0.3 is 0 Å². The molecule has 2 aliphatic rings. The van der Waals surface area contributed by atoms with Crippen LogP contribution in [0.1, 0.15) is 31.4 Å². The molecule has 0 spiro atoms. The third-order valence-electron chi connectivity index (χ3n) is 5.14. The smallest absolute Gasteiger partial charge is 0.228 e. The van der Waals surface area contributed by atoms with Crippen LogP contribution in [0.5, 0.6) is 0 Å². The van der Waals surface area contributed by atoms with Crippen LogP contribution < -0.4 is 5.32 Å². The zero-order valence-corrected chi connectivity index (χ0v) is 14.5. The molecule has 132 valence electrons. The van der Waals surface area contributed by atoms with Crippen LogP contribution in [0.25, 0.3) is 0 Å². The van der Waals surface area contributed by atoms with E-state index in [0.29, 0.717) is 11.6 Å². The Hall–Kier alpha value is -1.89. The Bertz CT molecular complexity index is 584. The van der Waals surface area contributed by atoms with Crippen LogP contribution >= 0.6 is 0 Å². The van der Waals surface area contributed by atoms with Gasteiger partial charge in [0.25, 0.3) is 0 Å². The number of nitrogens with one attached hydrogen (secondary N) is 1. The molecule has 0 unspecified atom stereocenters. The average Bonchev–Trinajstić information content (AvgIpc) is 3.00. The van der Waals surface area contributed by atoms with Crippen molar-refractivity contribution < 1.29 is 14.1 Å². The molecule has 1 saturated carbocycles. The molecule has 2 heterocycles. The predicted octanol–water partition coefficient (Wildman–Crippen LogP) is 1.50. The van der Waals surface area contributed by atoms with E-state index in [-0.39, 0.29) is 23.7 Å². The van der Waals surface area contributed by atoms with Gasteiger partial charge in [-0.3, -0.25) is 9.59 Å². The fraction of sp³-hybridized carbons (Fsp3) is 0.706. The molecule has 7 nitrogen and oxygen atoms in total. The third kappa shape index (κ3) is 3.95. The third-order valence-corrected chi connectivity index (χ3v) is 5.14. The first-order valence-electron chi connectivity index (χ1n) is 8.74. The number of amides is 2. The Balaban J connectivity index is 1.46. The van der Waals surface area contributed by atoms with Crippen LogP contribution in [-0.4, -0.2) is 60.0 Å². The summed E-state index contributed by atoms with van der Waals surface area (Å²) in [5, 5.41) is 6.59. The number of aromatic nitrogens is 1. The van der Waals surface area contributed by atoms with Crippen LogP contribution in [0.3, 0.4) is 0 Å². The summed E-state index contributed by atoms with van der Waals surface area (Å²) < 4.78 is 4.96. The van der Waals surface area contributed by atoms with Crippen molar-refractivity contribution in [2.45, 2.75) is 32.6 Å². The maximum atomic E-state index is 12.6. The molecule has 1 saturated heterocycles. The van der Waals surface area contributed by atoms with Gasteiger partial charge in [-0.05, 0) is 39.7 Å². The normalized spacial score (nSPS) is 25.5. The minimum absolute atomic E-state index is 0.0196. The summed E-state index contributed by atoms with van der Waals surface area (Å²) in [6, 6.07) is 1.71. The highest BCUT2D eigenvalue weighted by Gasteiger charge is 2.33. The number of carbonyl (C=O) groups excluding carboxylic acids is 2. The summed E-state index contributed by atoms with van der Waals surface area (Å²) in [5.74, 6) is 1.42. The number of hydrogen-bond donors (Lipinski definition) is 1. The van der Waals surface area contributed by atoms with Gasteiger partial charge in [0, 0.05) is 44.1 Å². The fourth-order valence-electron chi connectivity index (χ4n) is 3.54. The van der Waals surface area contributed by atoms with Gasteiger partial charge in [0.05, 0.1) is 0 Å². The van der Waals surface area contributed by atoms with Crippen molar-refractivity contribution in [2.24, 2.45) is 11.8 Å². The van der Waals surface area contributed by atoms with E-state index in [2.05, 4.69) is 22.4 Å². The molecule has 2 fully saturated rings. The number of hydrogen-bond acceptors (Lipinski definition) is 5. The maximum absolute atomic E-state index is 12.6. The van der Waals surface area contributed by atoms with Crippen LogP contribution in [0.2, 0.25) is 0 Å². The first kappa shape index (κ1) is 17.0. The molecule has 0 bridgehead atoms. The number of nitrogens with zero attached hydrogens (tertiary/aromatic N) is 3. The van der Waals surface area contributed by atoms with Gasteiger partial charge in [0.2, 0.25) is 11.8 Å². The molecule has 1 aromatic heterocycles. The predicted molar refractivity (Wildman–Crippen MR) is 89.4 cm³/mol. The van der Waals surface area contributed by atoms with Crippen molar-refractivity contribution in [2.75, 3.05) is 38.5 Å². The van der Waals surface area contributed by atoms with Crippen molar-refractivity contribution in [1.29, 1.82) is 0 Å². The quantitative estimate of drug-likeness (QED) is 0.906. The lowest BCUT2D eigenvalue weighted by Gasteiger charge is -2.36. The Morgan fingerprint density at radius 3 is 2.33 bits per heavy atom. The van der Waals surface area contributed by atoms with Crippen LogP contribution in [-0.2, 0) is 9.59 Å².